The van der Waals surface area contributed by atoms with Crippen LogP contribution < -0.4 is 11.0 Å². The van der Waals surface area contributed by atoms with E-state index in [-0.39, 0.29) is 12.2 Å². The zero-order chi connectivity index (χ0) is 13.0. The van der Waals surface area contributed by atoms with Crippen LogP contribution in [-0.2, 0) is 6.54 Å². The minimum Gasteiger partial charge on any atom is -0.390 e. The number of nitrogens with one attached hydrogen (secondary N) is 1. The number of hydrogen-bond donors (Lipinski definition) is 2. The molecule has 0 aliphatic rings. The minimum atomic E-state index is -0.612. The molecule has 6 heteroatoms. The molecule has 0 aliphatic heterocycles. The summed E-state index contributed by atoms with van der Waals surface area (Å²) in [5.74, 6) is 0. The first-order valence-electron chi connectivity index (χ1n) is 6.15. The van der Waals surface area contributed by atoms with Gasteiger partial charge in [0, 0.05) is 12.7 Å². The van der Waals surface area contributed by atoms with Gasteiger partial charge < -0.3 is 10.4 Å². The van der Waals surface area contributed by atoms with Gasteiger partial charge in [-0.15, -0.1) is 5.10 Å². The molecule has 6 nitrogen and oxygen atoms in total. The Bertz CT molecular complexity index is 560. The van der Waals surface area contributed by atoms with E-state index in [0.717, 1.165) is 13.0 Å². The zero-order valence-electron chi connectivity index (χ0n) is 10.4. The number of pyridine rings is 1. The van der Waals surface area contributed by atoms with Gasteiger partial charge in [0.2, 0.25) is 0 Å². The van der Waals surface area contributed by atoms with Crippen LogP contribution in [0.25, 0.3) is 5.65 Å². The van der Waals surface area contributed by atoms with Crippen molar-refractivity contribution < 1.29 is 5.11 Å². The third-order valence-corrected chi connectivity index (χ3v) is 2.68. The number of fused-ring (bicyclic) bond motifs is 1. The zero-order valence-corrected chi connectivity index (χ0v) is 10.4. The summed E-state index contributed by atoms with van der Waals surface area (Å²) in [5.41, 5.74) is 0.372. The van der Waals surface area contributed by atoms with Crippen molar-refractivity contribution >= 4 is 5.65 Å². The molecular formula is C12H18N4O2. The predicted octanol–water partition coefficient (Wildman–Crippen LogP) is -0.144. The second kappa shape index (κ2) is 5.79. The monoisotopic (exact) mass is 250 g/mol. The fourth-order valence-electron chi connectivity index (χ4n) is 1.80. The smallest absolute Gasteiger partial charge is 0.350 e. The summed E-state index contributed by atoms with van der Waals surface area (Å²) < 4.78 is 2.76. The van der Waals surface area contributed by atoms with Crippen LogP contribution in [0, 0.1) is 0 Å². The van der Waals surface area contributed by atoms with E-state index in [4.69, 9.17) is 0 Å². The van der Waals surface area contributed by atoms with Crippen LogP contribution in [0.15, 0.2) is 29.2 Å². The molecule has 2 aromatic rings. The molecule has 18 heavy (non-hydrogen) atoms. The second-order valence-electron chi connectivity index (χ2n) is 4.25. The molecule has 1 atom stereocenters. The number of hydrogen-bond acceptors (Lipinski definition) is 4. The summed E-state index contributed by atoms with van der Waals surface area (Å²) in [6.45, 7) is 3.59. The first-order valence-corrected chi connectivity index (χ1v) is 6.15. The lowest BCUT2D eigenvalue weighted by atomic mass is 10.3. The first-order chi connectivity index (χ1) is 8.72. The molecule has 0 saturated heterocycles. The lowest BCUT2D eigenvalue weighted by molar-refractivity contribution is 0.145. The largest absolute Gasteiger partial charge is 0.390 e. The highest BCUT2D eigenvalue weighted by molar-refractivity contribution is 5.35. The van der Waals surface area contributed by atoms with Gasteiger partial charge in [-0.05, 0) is 25.1 Å². The highest BCUT2D eigenvalue weighted by Crippen LogP contribution is 1.96. The van der Waals surface area contributed by atoms with Crippen LogP contribution in [0.2, 0.25) is 0 Å². The summed E-state index contributed by atoms with van der Waals surface area (Å²) in [4.78, 5) is 11.9. The molecule has 2 heterocycles. The van der Waals surface area contributed by atoms with Gasteiger partial charge in [-0.2, -0.15) is 0 Å². The van der Waals surface area contributed by atoms with E-state index in [1.54, 1.807) is 18.3 Å². The van der Waals surface area contributed by atoms with Crippen molar-refractivity contribution in [1.29, 1.82) is 0 Å². The lowest BCUT2D eigenvalue weighted by Crippen LogP contribution is -2.34. The number of nitrogens with zero attached hydrogens (tertiary/aromatic N) is 3. The van der Waals surface area contributed by atoms with E-state index >= 15 is 0 Å². The maximum atomic E-state index is 11.9. The molecule has 0 aliphatic carbocycles. The quantitative estimate of drug-likeness (QED) is 0.700. The molecule has 0 saturated carbocycles. The number of aliphatic hydroxyl groups excluding tert-OH is 1. The van der Waals surface area contributed by atoms with Gasteiger partial charge in [0.25, 0.3) is 0 Å². The molecule has 0 bridgehead atoms. The van der Waals surface area contributed by atoms with Crippen molar-refractivity contribution in [2.75, 3.05) is 13.1 Å². The predicted molar refractivity (Wildman–Crippen MR) is 68.6 cm³/mol. The maximum Gasteiger partial charge on any atom is 0.350 e. The summed E-state index contributed by atoms with van der Waals surface area (Å²) in [6.07, 6.45) is 2.07. The molecule has 0 amide bonds. The fourth-order valence-corrected chi connectivity index (χ4v) is 1.80. The van der Waals surface area contributed by atoms with Crippen molar-refractivity contribution in [2.24, 2.45) is 0 Å². The third kappa shape index (κ3) is 2.77. The Hall–Kier alpha value is -1.66. The van der Waals surface area contributed by atoms with Gasteiger partial charge >= 0.3 is 5.69 Å². The molecule has 98 valence electrons. The Balaban J connectivity index is 2.07. The van der Waals surface area contributed by atoms with Gasteiger partial charge in [-0.1, -0.05) is 13.0 Å². The van der Waals surface area contributed by atoms with E-state index in [1.165, 1.54) is 9.08 Å². The maximum absolute atomic E-state index is 11.9. The van der Waals surface area contributed by atoms with E-state index in [9.17, 15) is 9.90 Å². The van der Waals surface area contributed by atoms with Crippen molar-refractivity contribution in [2.45, 2.75) is 26.0 Å². The van der Waals surface area contributed by atoms with Gasteiger partial charge in [0.05, 0.1) is 12.6 Å². The van der Waals surface area contributed by atoms with Crippen molar-refractivity contribution in [1.82, 2.24) is 19.5 Å². The van der Waals surface area contributed by atoms with Gasteiger partial charge in [-0.3, -0.25) is 4.40 Å². The standard InChI is InChI=1S/C12H18N4O2/c1-2-6-13-8-10(17)9-16-12(18)15-7-4-3-5-11(15)14-16/h3-5,7,10,13,17H,2,6,8-9H2,1H3. The summed E-state index contributed by atoms with van der Waals surface area (Å²) in [5, 5.41) is 17.1. The molecule has 1 unspecified atom stereocenters. The average molecular weight is 250 g/mol. The molecule has 2 rings (SSSR count). The SMILES string of the molecule is CCCNCC(O)Cn1nc2ccccn2c1=O. The number of aromatic nitrogens is 3. The summed E-state index contributed by atoms with van der Waals surface area (Å²) in [7, 11) is 0. The molecule has 2 N–H and O–H groups in total. The summed E-state index contributed by atoms with van der Waals surface area (Å²) in [6, 6.07) is 5.37. The average Bonchev–Trinajstić information content (AvgIpc) is 2.67. The molecule has 0 spiro atoms. The highest BCUT2D eigenvalue weighted by Gasteiger charge is 2.10. The van der Waals surface area contributed by atoms with Crippen LogP contribution in [0.1, 0.15) is 13.3 Å². The third-order valence-electron chi connectivity index (χ3n) is 2.68. The molecular weight excluding hydrogens is 232 g/mol. The van der Waals surface area contributed by atoms with E-state index in [0.29, 0.717) is 12.2 Å². The van der Waals surface area contributed by atoms with Crippen LogP contribution in [0.5, 0.6) is 0 Å². The summed E-state index contributed by atoms with van der Waals surface area (Å²) >= 11 is 0. The molecule has 0 radical (unpaired) electrons. The molecule has 2 aromatic heterocycles. The topological polar surface area (TPSA) is 71.6 Å². The van der Waals surface area contributed by atoms with Crippen LogP contribution in [-0.4, -0.2) is 38.5 Å². The normalized spacial score (nSPS) is 13.0. The van der Waals surface area contributed by atoms with Crippen molar-refractivity contribution in [3.63, 3.8) is 0 Å². The van der Waals surface area contributed by atoms with Crippen LogP contribution in [0.3, 0.4) is 0 Å². The van der Waals surface area contributed by atoms with E-state index < -0.39 is 6.10 Å². The van der Waals surface area contributed by atoms with Gasteiger partial charge in [0.1, 0.15) is 0 Å². The Labute approximate surface area is 105 Å². The van der Waals surface area contributed by atoms with Crippen molar-refractivity contribution in [3.05, 3.63) is 34.9 Å². The first kappa shape index (κ1) is 12.8. The van der Waals surface area contributed by atoms with E-state index in [1.807, 2.05) is 6.07 Å². The van der Waals surface area contributed by atoms with Crippen molar-refractivity contribution in [3.8, 4) is 0 Å². The van der Waals surface area contributed by atoms with Gasteiger partial charge in [-0.25, -0.2) is 9.48 Å². The van der Waals surface area contributed by atoms with Crippen LogP contribution >= 0.6 is 0 Å². The highest BCUT2D eigenvalue weighted by atomic mass is 16.3. The Morgan fingerprint density at radius 2 is 2.33 bits per heavy atom. The fraction of sp³-hybridized carbons (Fsp3) is 0.500. The Morgan fingerprint density at radius 1 is 1.50 bits per heavy atom. The molecule has 0 fully saturated rings. The van der Waals surface area contributed by atoms with Crippen LogP contribution in [0.4, 0.5) is 0 Å². The second-order valence-corrected chi connectivity index (χ2v) is 4.25. The number of rotatable bonds is 6. The Morgan fingerprint density at radius 3 is 3.06 bits per heavy atom. The Kier molecular flexibility index (Phi) is 4.11. The minimum absolute atomic E-state index is 0.206. The lowest BCUT2D eigenvalue weighted by Gasteiger charge is -2.10. The van der Waals surface area contributed by atoms with E-state index in [2.05, 4.69) is 17.3 Å². The number of aliphatic hydroxyl groups is 1. The molecule has 0 aromatic carbocycles. The van der Waals surface area contributed by atoms with Gasteiger partial charge in [0.15, 0.2) is 5.65 Å².